The maximum atomic E-state index is 12.2. The number of hydrogen-bond donors (Lipinski definition) is 2. The maximum Gasteiger partial charge on any atom is 0.251 e. The Morgan fingerprint density at radius 3 is 2.77 bits per heavy atom. The number of amides is 1. The Hall–Kier alpha value is -1.41. The number of carbonyl (C=O) groups excluding carboxylic acids is 1. The fraction of sp³-hybridized carbons (Fsp3) is 0.474. The zero-order valence-corrected chi connectivity index (χ0v) is 16.8. The number of hydrogen-bond acceptors (Lipinski definition) is 6. The number of nitrogens with one attached hydrogen (secondary N) is 2. The van der Waals surface area contributed by atoms with E-state index in [1.54, 1.807) is 23.1 Å². The first kappa shape index (κ1) is 19.4. The molecule has 0 radical (unpaired) electrons. The predicted octanol–water partition coefficient (Wildman–Crippen LogP) is 2.77. The first-order valence-corrected chi connectivity index (χ1v) is 10.9. The minimum Gasteiger partial charge on any atom is -0.352 e. The van der Waals surface area contributed by atoms with Gasteiger partial charge in [0.25, 0.3) is 5.91 Å². The van der Waals surface area contributed by atoms with Gasteiger partial charge in [-0.2, -0.15) is 0 Å². The molecule has 1 amide bonds. The fourth-order valence-corrected chi connectivity index (χ4v) is 4.38. The minimum absolute atomic E-state index is 0.0111. The highest BCUT2D eigenvalue weighted by Crippen LogP contribution is 2.23. The van der Waals surface area contributed by atoms with E-state index >= 15 is 0 Å². The van der Waals surface area contributed by atoms with E-state index in [-0.39, 0.29) is 5.91 Å². The maximum absolute atomic E-state index is 12.2. The van der Waals surface area contributed by atoms with Crippen LogP contribution in [0.4, 0.5) is 0 Å². The first-order valence-electron chi connectivity index (χ1n) is 9.06. The molecule has 1 aliphatic heterocycles. The summed E-state index contributed by atoms with van der Waals surface area (Å²) in [6.07, 6.45) is 0.993. The van der Waals surface area contributed by atoms with Crippen molar-refractivity contribution >= 4 is 29.0 Å². The highest BCUT2D eigenvalue weighted by molar-refractivity contribution is 7.98. The van der Waals surface area contributed by atoms with E-state index in [1.807, 2.05) is 31.2 Å². The monoisotopic (exact) mass is 390 g/mol. The van der Waals surface area contributed by atoms with Gasteiger partial charge in [0.05, 0.1) is 10.7 Å². The van der Waals surface area contributed by atoms with Crippen molar-refractivity contribution in [1.29, 1.82) is 0 Å². The van der Waals surface area contributed by atoms with Gasteiger partial charge >= 0.3 is 0 Å². The summed E-state index contributed by atoms with van der Waals surface area (Å²) in [6, 6.07) is 7.83. The topological polar surface area (TPSA) is 57.3 Å². The Morgan fingerprint density at radius 2 is 2.08 bits per heavy atom. The molecular weight excluding hydrogens is 364 g/mol. The molecule has 140 valence electrons. The summed E-state index contributed by atoms with van der Waals surface area (Å²) in [4.78, 5) is 20.3. The summed E-state index contributed by atoms with van der Waals surface area (Å²) in [6.45, 7) is 8.14. The van der Waals surface area contributed by atoms with Crippen LogP contribution in [0.5, 0.6) is 0 Å². The van der Waals surface area contributed by atoms with Gasteiger partial charge in [0.15, 0.2) is 0 Å². The molecule has 0 saturated carbocycles. The van der Waals surface area contributed by atoms with Crippen molar-refractivity contribution < 1.29 is 4.79 Å². The Labute approximate surface area is 163 Å². The van der Waals surface area contributed by atoms with Gasteiger partial charge in [0, 0.05) is 54.3 Å². The fourth-order valence-electron chi connectivity index (χ4n) is 2.88. The Balaban J connectivity index is 1.37. The van der Waals surface area contributed by atoms with Crippen LogP contribution >= 0.6 is 23.1 Å². The molecule has 0 unspecified atom stereocenters. The van der Waals surface area contributed by atoms with Gasteiger partial charge in [0.2, 0.25) is 0 Å². The molecule has 1 aromatic carbocycles. The van der Waals surface area contributed by atoms with Gasteiger partial charge in [-0.25, -0.2) is 4.98 Å². The number of nitrogens with zero attached hydrogens (tertiary/aromatic N) is 2. The smallest absolute Gasteiger partial charge is 0.251 e. The molecule has 2 N–H and O–H groups in total. The van der Waals surface area contributed by atoms with Crippen LogP contribution in [0.3, 0.4) is 0 Å². The van der Waals surface area contributed by atoms with E-state index < -0.39 is 0 Å². The standard InChI is InChI=1S/C19H26N4OS2/c1-15-22-17(13-25-15)14-26-18-5-3-16(4-6-18)19(24)21-7-2-10-23-11-8-20-9-12-23/h3-6,13,20H,2,7-12,14H2,1H3,(H,21,24). The van der Waals surface area contributed by atoms with E-state index in [0.29, 0.717) is 0 Å². The molecule has 0 aliphatic carbocycles. The molecule has 26 heavy (non-hydrogen) atoms. The van der Waals surface area contributed by atoms with Gasteiger partial charge in [-0.05, 0) is 44.2 Å². The second-order valence-electron chi connectivity index (χ2n) is 6.37. The molecule has 5 nitrogen and oxygen atoms in total. The molecule has 1 aromatic heterocycles. The van der Waals surface area contributed by atoms with E-state index in [4.69, 9.17) is 0 Å². The van der Waals surface area contributed by atoms with Gasteiger partial charge in [0.1, 0.15) is 0 Å². The Bertz CT molecular complexity index is 696. The quantitative estimate of drug-likeness (QED) is 0.536. The lowest BCUT2D eigenvalue weighted by molar-refractivity contribution is 0.0951. The van der Waals surface area contributed by atoms with Crippen LogP contribution in [0.1, 0.15) is 27.5 Å². The summed E-state index contributed by atoms with van der Waals surface area (Å²) in [7, 11) is 0. The highest BCUT2D eigenvalue weighted by atomic mass is 32.2. The van der Waals surface area contributed by atoms with Gasteiger partial charge in [-0.3, -0.25) is 4.79 Å². The molecule has 7 heteroatoms. The number of aryl methyl sites for hydroxylation is 1. The summed E-state index contributed by atoms with van der Waals surface area (Å²) in [5, 5.41) is 9.58. The SMILES string of the molecule is Cc1nc(CSc2ccc(C(=O)NCCCN3CCNCC3)cc2)cs1. The van der Waals surface area contributed by atoms with Crippen molar-refractivity contribution in [2.45, 2.75) is 24.0 Å². The molecule has 0 spiro atoms. The average molecular weight is 391 g/mol. The van der Waals surface area contributed by atoms with Gasteiger partial charge in [-0.1, -0.05) is 0 Å². The third-order valence-corrected chi connectivity index (χ3v) is 6.18. The van der Waals surface area contributed by atoms with E-state index in [9.17, 15) is 4.79 Å². The Morgan fingerprint density at radius 1 is 1.31 bits per heavy atom. The second kappa shape index (κ2) is 10.1. The van der Waals surface area contributed by atoms with Crippen molar-refractivity contribution in [3.8, 4) is 0 Å². The lowest BCUT2D eigenvalue weighted by atomic mass is 10.2. The van der Waals surface area contributed by atoms with E-state index in [0.717, 1.165) is 72.6 Å². The zero-order chi connectivity index (χ0) is 18.2. The molecule has 1 aliphatic rings. The van der Waals surface area contributed by atoms with Crippen LogP contribution in [0.2, 0.25) is 0 Å². The molecule has 2 heterocycles. The molecule has 1 fully saturated rings. The van der Waals surface area contributed by atoms with Crippen LogP contribution in [0, 0.1) is 6.92 Å². The van der Waals surface area contributed by atoms with Gasteiger partial charge in [-0.15, -0.1) is 23.1 Å². The van der Waals surface area contributed by atoms with E-state index in [1.165, 1.54) is 0 Å². The molecule has 3 rings (SSSR count). The predicted molar refractivity (Wildman–Crippen MR) is 109 cm³/mol. The second-order valence-corrected chi connectivity index (χ2v) is 8.48. The molecule has 0 atom stereocenters. The van der Waals surface area contributed by atoms with Crippen molar-refractivity contribution in [3.05, 3.63) is 45.9 Å². The number of carbonyl (C=O) groups is 1. The lowest BCUT2D eigenvalue weighted by Crippen LogP contribution is -2.44. The number of thiazole rings is 1. The van der Waals surface area contributed by atoms with Crippen LogP contribution in [0.15, 0.2) is 34.5 Å². The van der Waals surface area contributed by atoms with Crippen LogP contribution in [-0.4, -0.2) is 55.1 Å². The lowest BCUT2D eigenvalue weighted by Gasteiger charge is -2.27. The van der Waals surface area contributed by atoms with Crippen molar-refractivity contribution in [1.82, 2.24) is 20.5 Å². The molecule has 2 aromatic rings. The van der Waals surface area contributed by atoms with Crippen LogP contribution < -0.4 is 10.6 Å². The van der Waals surface area contributed by atoms with Crippen LogP contribution in [0.25, 0.3) is 0 Å². The summed E-state index contributed by atoms with van der Waals surface area (Å²) < 4.78 is 0. The first-order chi connectivity index (χ1) is 12.7. The number of thioether (sulfide) groups is 1. The Kier molecular flexibility index (Phi) is 7.49. The molecule has 1 saturated heterocycles. The minimum atomic E-state index is 0.0111. The number of rotatable bonds is 8. The third kappa shape index (κ3) is 6.09. The van der Waals surface area contributed by atoms with E-state index in [2.05, 4.69) is 25.9 Å². The molecular formula is C19H26N4OS2. The molecule has 0 bridgehead atoms. The van der Waals surface area contributed by atoms with Crippen LogP contribution in [-0.2, 0) is 5.75 Å². The van der Waals surface area contributed by atoms with Crippen molar-refractivity contribution in [2.75, 3.05) is 39.3 Å². The zero-order valence-electron chi connectivity index (χ0n) is 15.2. The number of benzene rings is 1. The summed E-state index contributed by atoms with van der Waals surface area (Å²) in [5.41, 5.74) is 1.84. The number of aromatic nitrogens is 1. The highest BCUT2D eigenvalue weighted by Gasteiger charge is 2.09. The third-order valence-electron chi connectivity index (χ3n) is 4.32. The van der Waals surface area contributed by atoms with Crippen molar-refractivity contribution in [2.24, 2.45) is 0 Å². The summed E-state index contributed by atoms with van der Waals surface area (Å²) >= 11 is 3.43. The average Bonchev–Trinajstić information content (AvgIpc) is 3.10. The van der Waals surface area contributed by atoms with Gasteiger partial charge < -0.3 is 15.5 Å². The largest absolute Gasteiger partial charge is 0.352 e. The van der Waals surface area contributed by atoms with Crippen molar-refractivity contribution in [3.63, 3.8) is 0 Å². The number of piperazine rings is 1. The normalized spacial score (nSPS) is 15.1. The summed E-state index contributed by atoms with van der Waals surface area (Å²) in [5.74, 6) is 0.874.